The van der Waals surface area contributed by atoms with Gasteiger partial charge in [0.1, 0.15) is 24.3 Å². The van der Waals surface area contributed by atoms with Gasteiger partial charge in [-0.15, -0.1) is 0 Å². The molecule has 1 N–H and O–H groups in total. The molecule has 2 aromatic carbocycles. The Labute approximate surface area is 200 Å². The first kappa shape index (κ1) is 25.9. The molecule has 0 bridgehead atoms. The summed E-state index contributed by atoms with van der Waals surface area (Å²) in [6.45, 7) is 6.02. The van der Waals surface area contributed by atoms with Crippen molar-refractivity contribution in [3.05, 3.63) is 59.4 Å². The van der Waals surface area contributed by atoms with Crippen molar-refractivity contribution in [3.8, 4) is 16.9 Å². The van der Waals surface area contributed by atoms with E-state index in [2.05, 4.69) is 13.8 Å². The van der Waals surface area contributed by atoms with Crippen LogP contribution in [0, 0.1) is 5.82 Å². The van der Waals surface area contributed by atoms with Crippen LogP contribution in [0.25, 0.3) is 17.2 Å². The third kappa shape index (κ3) is 7.38. The Morgan fingerprint density at radius 2 is 1.88 bits per heavy atom. The molecule has 2 atom stereocenters. The van der Waals surface area contributed by atoms with Gasteiger partial charge >= 0.3 is 5.97 Å². The molecule has 34 heavy (non-hydrogen) atoms. The third-order valence-corrected chi connectivity index (χ3v) is 5.56. The molecule has 0 aliphatic carbocycles. The quantitative estimate of drug-likeness (QED) is 0.376. The van der Waals surface area contributed by atoms with Crippen molar-refractivity contribution < 1.29 is 33.2 Å². The van der Waals surface area contributed by atoms with Crippen LogP contribution in [0.1, 0.15) is 43.7 Å². The van der Waals surface area contributed by atoms with Gasteiger partial charge in [0.2, 0.25) is 0 Å². The van der Waals surface area contributed by atoms with E-state index in [9.17, 15) is 14.3 Å². The summed E-state index contributed by atoms with van der Waals surface area (Å²) in [5.74, 6) is 0.135. The Morgan fingerprint density at radius 3 is 2.56 bits per heavy atom. The average molecular weight is 473 g/mol. The van der Waals surface area contributed by atoms with Gasteiger partial charge in [0, 0.05) is 13.5 Å². The van der Waals surface area contributed by atoms with Crippen LogP contribution in [0.3, 0.4) is 0 Å². The van der Waals surface area contributed by atoms with Crippen molar-refractivity contribution in [1.82, 2.24) is 0 Å². The van der Waals surface area contributed by atoms with Crippen LogP contribution < -0.4 is 4.74 Å². The Hall–Kier alpha value is -2.74. The Kier molecular flexibility index (Phi) is 9.62. The molecule has 0 spiro atoms. The van der Waals surface area contributed by atoms with E-state index in [1.165, 1.54) is 12.1 Å². The topological polar surface area (TPSA) is 74.2 Å². The molecule has 1 saturated heterocycles. The molecule has 1 aliphatic heterocycles. The number of methoxy groups -OCH3 is 1. The summed E-state index contributed by atoms with van der Waals surface area (Å²) in [7, 11) is 1.63. The smallest absolute Gasteiger partial charge is 0.309 e. The molecule has 0 saturated carbocycles. The molecule has 3 rings (SSSR count). The van der Waals surface area contributed by atoms with Crippen molar-refractivity contribution in [3.63, 3.8) is 0 Å². The van der Waals surface area contributed by atoms with Gasteiger partial charge in [0.15, 0.2) is 0 Å². The minimum absolute atomic E-state index is 0.0175. The lowest BCUT2D eigenvalue weighted by Gasteiger charge is -2.24. The van der Waals surface area contributed by atoms with Crippen molar-refractivity contribution in [2.45, 2.75) is 44.8 Å². The average Bonchev–Trinajstić information content (AvgIpc) is 2.79. The summed E-state index contributed by atoms with van der Waals surface area (Å²) in [5, 5.41) is 9.93. The molecule has 6 nitrogen and oxygen atoms in total. The third-order valence-electron chi connectivity index (χ3n) is 5.56. The van der Waals surface area contributed by atoms with Crippen molar-refractivity contribution >= 4 is 12.0 Å². The van der Waals surface area contributed by atoms with Gasteiger partial charge in [0.25, 0.3) is 0 Å². The van der Waals surface area contributed by atoms with Crippen LogP contribution in [-0.2, 0) is 19.0 Å². The predicted octanol–water partition coefficient (Wildman–Crippen LogP) is 4.74. The van der Waals surface area contributed by atoms with E-state index >= 15 is 0 Å². The number of benzene rings is 2. The van der Waals surface area contributed by atoms with E-state index in [4.69, 9.17) is 18.9 Å². The van der Waals surface area contributed by atoms with Crippen LogP contribution in [-0.4, -0.2) is 56.8 Å². The second-order valence-corrected chi connectivity index (χ2v) is 8.57. The molecule has 0 aromatic heterocycles. The fourth-order valence-corrected chi connectivity index (χ4v) is 3.86. The molecule has 184 valence electrons. The zero-order valence-corrected chi connectivity index (χ0v) is 20.0. The number of hydrogen-bond acceptors (Lipinski definition) is 6. The standard InChI is InChI=1S/C27H33FO6/c1-18(2)25-16-23(33-13-12-32-11-10-31-3)17-26(19-4-6-20(28)7-5-19)24(25)9-8-22-14-21(29)15-27(30)34-22/h4-9,16-18,21-22,29H,10-15H2,1-3H3/b9-8+/t21-,22-/m1/s1. The number of hydrogen-bond donors (Lipinski definition) is 1. The van der Waals surface area contributed by atoms with E-state index in [1.807, 2.05) is 18.2 Å². The van der Waals surface area contributed by atoms with E-state index in [0.717, 1.165) is 22.3 Å². The lowest BCUT2D eigenvalue weighted by atomic mass is 9.89. The normalized spacial score (nSPS) is 18.5. The summed E-state index contributed by atoms with van der Waals surface area (Å²) in [6, 6.07) is 10.2. The maximum Gasteiger partial charge on any atom is 0.309 e. The highest BCUT2D eigenvalue weighted by molar-refractivity contribution is 5.79. The second-order valence-electron chi connectivity index (χ2n) is 8.57. The van der Waals surface area contributed by atoms with Crippen LogP contribution >= 0.6 is 0 Å². The molecule has 0 radical (unpaired) electrons. The largest absolute Gasteiger partial charge is 0.491 e. The zero-order chi connectivity index (χ0) is 24.5. The summed E-state index contributed by atoms with van der Waals surface area (Å²) in [5.41, 5.74) is 3.68. The number of ether oxygens (including phenoxy) is 4. The number of esters is 1. The molecule has 1 aliphatic rings. The molecule has 1 heterocycles. The zero-order valence-electron chi connectivity index (χ0n) is 20.0. The van der Waals surface area contributed by atoms with Crippen molar-refractivity contribution in [2.75, 3.05) is 33.5 Å². The van der Waals surface area contributed by atoms with Gasteiger partial charge in [-0.3, -0.25) is 4.79 Å². The van der Waals surface area contributed by atoms with E-state index in [-0.39, 0.29) is 18.2 Å². The van der Waals surface area contributed by atoms with Gasteiger partial charge in [0.05, 0.1) is 32.3 Å². The van der Waals surface area contributed by atoms with Gasteiger partial charge in [-0.05, 0) is 58.5 Å². The van der Waals surface area contributed by atoms with E-state index < -0.39 is 18.2 Å². The molecule has 7 heteroatoms. The number of carbonyl (C=O) groups excluding carboxylic acids is 1. The van der Waals surface area contributed by atoms with Gasteiger partial charge in [-0.25, -0.2) is 4.39 Å². The van der Waals surface area contributed by atoms with E-state index in [0.29, 0.717) is 38.6 Å². The highest BCUT2D eigenvalue weighted by Gasteiger charge is 2.25. The molecule has 0 unspecified atom stereocenters. The SMILES string of the molecule is COCCOCCOc1cc(-c2ccc(F)cc2)c(/C=C/[C@@H]2C[C@@H](O)CC(=O)O2)c(C(C)C)c1. The molecule has 0 amide bonds. The number of aliphatic hydroxyl groups is 1. The Balaban J connectivity index is 1.92. The Morgan fingerprint density at radius 1 is 1.15 bits per heavy atom. The van der Waals surface area contributed by atoms with Gasteiger partial charge in [-0.1, -0.05) is 32.1 Å². The summed E-state index contributed by atoms with van der Waals surface area (Å²) < 4.78 is 35.4. The first-order valence-corrected chi connectivity index (χ1v) is 11.6. The van der Waals surface area contributed by atoms with E-state index in [1.54, 1.807) is 25.3 Å². The number of cyclic esters (lactones) is 1. The first-order valence-electron chi connectivity index (χ1n) is 11.6. The van der Waals surface area contributed by atoms with Gasteiger partial charge < -0.3 is 24.1 Å². The first-order chi connectivity index (χ1) is 16.4. The maximum atomic E-state index is 13.6. The lowest BCUT2D eigenvalue weighted by Crippen LogP contribution is -2.31. The van der Waals surface area contributed by atoms with Crippen LogP contribution in [0.2, 0.25) is 0 Å². The molecule has 1 fully saturated rings. The van der Waals surface area contributed by atoms with Crippen LogP contribution in [0.5, 0.6) is 5.75 Å². The fourth-order valence-electron chi connectivity index (χ4n) is 3.86. The summed E-state index contributed by atoms with van der Waals surface area (Å²) >= 11 is 0. The highest BCUT2D eigenvalue weighted by atomic mass is 19.1. The maximum absolute atomic E-state index is 13.6. The minimum Gasteiger partial charge on any atom is -0.491 e. The van der Waals surface area contributed by atoms with Crippen LogP contribution in [0.4, 0.5) is 4.39 Å². The number of rotatable bonds is 11. The fraction of sp³-hybridized carbons (Fsp3) is 0.444. The second kappa shape index (κ2) is 12.6. The van der Waals surface area contributed by atoms with Crippen LogP contribution in [0.15, 0.2) is 42.5 Å². The Bertz CT molecular complexity index is 970. The molecular formula is C27H33FO6. The number of carbonyl (C=O) groups is 1. The predicted molar refractivity (Wildman–Crippen MR) is 128 cm³/mol. The molecule has 2 aromatic rings. The summed E-state index contributed by atoms with van der Waals surface area (Å²) in [4.78, 5) is 11.7. The van der Waals surface area contributed by atoms with Crippen molar-refractivity contribution in [2.24, 2.45) is 0 Å². The monoisotopic (exact) mass is 472 g/mol. The highest BCUT2D eigenvalue weighted by Crippen LogP contribution is 2.36. The van der Waals surface area contributed by atoms with Gasteiger partial charge in [-0.2, -0.15) is 0 Å². The minimum atomic E-state index is -0.709. The van der Waals surface area contributed by atoms with Crippen molar-refractivity contribution in [1.29, 1.82) is 0 Å². The molecular weight excluding hydrogens is 439 g/mol. The number of aliphatic hydroxyl groups excluding tert-OH is 1. The lowest BCUT2D eigenvalue weighted by molar-refractivity contribution is -0.156. The number of halogens is 1. The summed E-state index contributed by atoms with van der Waals surface area (Å²) in [6.07, 6.45) is 2.88.